The van der Waals surface area contributed by atoms with Crippen LogP contribution in [0.5, 0.6) is 0 Å². The topological polar surface area (TPSA) is 82.9 Å². The van der Waals surface area contributed by atoms with Crippen LogP contribution in [-0.4, -0.2) is 80.0 Å². The van der Waals surface area contributed by atoms with Crippen molar-refractivity contribution in [2.75, 3.05) is 34.4 Å². The van der Waals surface area contributed by atoms with E-state index in [-0.39, 0.29) is 29.4 Å². The van der Waals surface area contributed by atoms with Crippen LogP contribution in [0.15, 0.2) is 22.5 Å². The molecule has 0 saturated carbocycles. The van der Waals surface area contributed by atoms with Gasteiger partial charge in [-0.1, -0.05) is 0 Å². The number of rotatable bonds is 3. The molecule has 3 rings (SSSR count). The van der Waals surface area contributed by atoms with Gasteiger partial charge in [-0.05, 0) is 27.9 Å². The summed E-state index contributed by atoms with van der Waals surface area (Å²) in [7, 11) is 5.16. The van der Waals surface area contributed by atoms with Crippen LogP contribution in [0.3, 0.4) is 0 Å². The van der Waals surface area contributed by atoms with Gasteiger partial charge in [0.25, 0.3) is 0 Å². The molecule has 0 aromatic rings. The van der Waals surface area contributed by atoms with Crippen molar-refractivity contribution in [2.24, 2.45) is 0 Å². The summed E-state index contributed by atoms with van der Waals surface area (Å²) in [4.78, 5) is 30.0. The largest absolute Gasteiger partial charge is 0.492 e. The normalized spacial score (nSPS) is 33.4. The Kier molecular flexibility index (Phi) is 4.54. The lowest BCUT2D eigenvalue weighted by Gasteiger charge is -2.54. The van der Waals surface area contributed by atoms with Crippen LogP contribution in [0.1, 0.15) is 13.8 Å². The molecule has 2 bridgehead atoms. The standard InChI is InChI=1S/C18H23N3O4/c1-6-25-18-13-12(16(23)17(24-5)9(2)15(13)22)11-8-20(3)10(7-19)14(18)21(11)4/h10-11,14,18H,6,8H2,1-5H3/t10-,11-,14+,18-/m0/s1. The van der Waals surface area contributed by atoms with Crippen molar-refractivity contribution in [2.45, 2.75) is 38.1 Å². The zero-order valence-electron chi connectivity index (χ0n) is 15.2. The molecule has 134 valence electrons. The fraction of sp³-hybridized carbons (Fsp3) is 0.611. The third-order valence-corrected chi connectivity index (χ3v) is 5.50. The Labute approximate surface area is 147 Å². The molecule has 3 aliphatic rings. The summed E-state index contributed by atoms with van der Waals surface area (Å²) >= 11 is 0. The van der Waals surface area contributed by atoms with Crippen molar-refractivity contribution < 1.29 is 19.1 Å². The second-order valence-corrected chi connectivity index (χ2v) is 6.71. The van der Waals surface area contributed by atoms with Crippen molar-refractivity contribution in [3.05, 3.63) is 22.5 Å². The first-order valence-electron chi connectivity index (χ1n) is 8.40. The molecule has 0 aromatic heterocycles. The molecule has 0 N–H and O–H groups in total. The number of carbonyl (C=O) groups excluding carboxylic acids is 2. The van der Waals surface area contributed by atoms with E-state index in [4.69, 9.17) is 9.47 Å². The van der Waals surface area contributed by atoms with Gasteiger partial charge in [0.2, 0.25) is 5.78 Å². The van der Waals surface area contributed by atoms with Crippen LogP contribution in [0.4, 0.5) is 0 Å². The molecule has 1 aliphatic carbocycles. The first-order valence-corrected chi connectivity index (χ1v) is 8.40. The van der Waals surface area contributed by atoms with E-state index < -0.39 is 12.1 Å². The number of piperazine rings is 1. The Balaban J connectivity index is 2.22. The molecule has 1 fully saturated rings. The number of ether oxygens (including phenoxy) is 2. The predicted octanol–water partition coefficient (Wildman–Crippen LogP) is 0.280. The maximum atomic E-state index is 13.0. The van der Waals surface area contributed by atoms with E-state index in [9.17, 15) is 14.9 Å². The molecule has 7 nitrogen and oxygen atoms in total. The lowest BCUT2D eigenvalue weighted by atomic mass is 9.73. The fourth-order valence-corrected chi connectivity index (χ4v) is 4.29. The smallest absolute Gasteiger partial charge is 0.226 e. The van der Waals surface area contributed by atoms with Gasteiger partial charge in [0.1, 0.15) is 12.1 Å². The minimum atomic E-state index is -0.613. The van der Waals surface area contributed by atoms with E-state index in [1.807, 2.05) is 30.8 Å². The van der Waals surface area contributed by atoms with Gasteiger partial charge in [-0.25, -0.2) is 0 Å². The fourth-order valence-electron chi connectivity index (χ4n) is 4.29. The maximum absolute atomic E-state index is 13.0. The first kappa shape index (κ1) is 17.8. The van der Waals surface area contributed by atoms with Crippen molar-refractivity contribution in [1.82, 2.24) is 9.80 Å². The molecule has 0 aromatic carbocycles. The minimum Gasteiger partial charge on any atom is -0.492 e. The number of ketones is 2. The molecule has 4 atom stereocenters. The van der Waals surface area contributed by atoms with Crippen LogP contribution in [0.25, 0.3) is 0 Å². The first-order chi connectivity index (χ1) is 11.9. The quantitative estimate of drug-likeness (QED) is 0.680. The zero-order chi connectivity index (χ0) is 18.5. The van der Waals surface area contributed by atoms with Crippen LogP contribution in [0.2, 0.25) is 0 Å². The molecule has 25 heavy (non-hydrogen) atoms. The van der Waals surface area contributed by atoms with Crippen LogP contribution in [-0.2, 0) is 19.1 Å². The average Bonchev–Trinajstić information content (AvgIpc) is 2.57. The van der Waals surface area contributed by atoms with Gasteiger partial charge < -0.3 is 9.47 Å². The highest BCUT2D eigenvalue weighted by Gasteiger charge is 2.55. The van der Waals surface area contributed by atoms with E-state index in [2.05, 4.69) is 6.07 Å². The highest BCUT2D eigenvalue weighted by atomic mass is 16.5. The SMILES string of the molecule is CCO[C@H]1C2=C(C(=O)C(OC)=C(C)C2=O)[C@@H]2CN(C)[C@@H](C#N)[C@H]1N2C. The molecule has 0 unspecified atom stereocenters. The molecular weight excluding hydrogens is 322 g/mol. The van der Waals surface area contributed by atoms with Gasteiger partial charge in [0.05, 0.1) is 25.3 Å². The Morgan fingerprint density at radius 1 is 1.24 bits per heavy atom. The number of fused-ring (bicyclic) bond motifs is 3. The zero-order valence-corrected chi connectivity index (χ0v) is 15.2. The number of Topliss-reactive ketones (excluding diaryl/α,β-unsaturated/α-hetero) is 2. The predicted molar refractivity (Wildman–Crippen MR) is 89.5 cm³/mol. The summed E-state index contributed by atoms with van der Waals surface area (Å²) in [6, 6.07) is 1.35. The average molecular weight is 345 g/mol. The van der Waals surface area contributed by atoms with Gasteiger partial charge >= 0.3 is 0 Å². The number of carbonyl (C=O) groups is 2. The third-order valence-electron chi connectivity index (χ3n) is 5.50. The second kappa shape index (κ2) is 6.37. The molecule has 7 heteroatoms. The lowest BCUT2D eigenvalue weighted by molar-refractivity contribution is -0.125. The Morgan fingerprint density at radius 2 is 1.92 bits per heavy atom. The molecular formula is C18H23N3O4. The van der Waals surface area contributed by atoms with Crippen molar-refractivity contribution in [3.8, 4) is 6.07 Å². The Hall–Kier alpha value is -2.01. The number of methoxy groups -OCH3 is 1. The van der Waals surface area contributed by atoms with E-state index in [1.54, 1.807) is 6.92 Å². The van der Waals surface area contributed by atoms with E-state index in [0.717, 1.165) is 0 Å². The summed E-state index contributed by atoms with van der Waals surface area (Å²) in [5, 5.41) is 9.65. The van der Waals surface area contributed by atoms with E-state index in [1.165, 1.54) is 7.11 Å². The molecule has 0 spiro atoms. The summed E-state index contributed by atoms with van der Waals surface area (Å²) < 4.78 is 11.1. The third kappa shape index (κ3) is 2.36. The van der Waals surface area contributed by atoms with Gasteiger partial charge in [0.15, 0.2) is 11.5 Å². The lowest BCUT2D eigenvalue weighted by Crippen LogP contribution is -2.70. The summed E-state index contributed by atoms with van der Waals surface area (Å²) in [5.41, 5.74) is 1.17. The number of hydrogen-bond donors (Lipinski definition) is 0. The van der Waals surface area contributed by atoms with Crippen molar-refractivity contribution in [3.63, 3.8) is 0 Å². The maximum Gasteiger partial charge on any atom is 0.226 e. The Morgan fingerprint density at radius 3 is 2.48 bits per heavy atom. The minimum absolute atomic E-state index is 0.107. The number of hydrogen-bond acceptors (Lipinski definition) is 7. The highest BCUT2D eigenvalue weighted by Crippen LogP contribution is 2.41. The second-order valence-electron chi connectivity index (χ2n) is 6.71. The van der Waals surface area contributed by atoms with Crippen molar-refractivity contribution in [1.29, 1.82) is 5.26 Å². The van der Waals surface area contributed by atoms with Gasteiger partial charge in [-0.15, -0.1) is 0 Å². The number of allylic oxidation sites excluding steroid dienone is 2. The Bertz CT molecular complexity index is 733. The molecule has 2 aliphatic heterocycles. The summed E-state index contributed by atoms with van der Waals surface area (Å²) in [5.74, 6) is -0.358. The number of nitriles is 1. The highest BCUT2D eigenvalue weighted by molar-refractivity contribution is 6.25. The van der Waals surface area contributed by atoms with Gasteiger partial charge in [-0.2, -0.15) is 5.26 Å². The van der Waals surface area contributed by atoms with E-state index >= 15 is 0 Å². The molecule has 0 radical (unpaired) electrons. The van der Waals surface area contributed by atoms with E-state index in [0.29, 0.717) is 29.9 Å². The number of likely N-dealkylation sites (N-methyl/N-ethyl adjacent to an activating group) is 2. The summed E-state index contributed by atoms with van der Waals surface area (Å²) in [6.07, 6.45) is -0.613. The summed E-state index contributed by atoms with van der Waals surface area (Å²) in [6.45, 7) is 4.34. The molecule has 1 saturated heterocycles. The monoisotopic (exact) mass is 345 g/mol. The van der Waals surface area contributed by atoms with Crippen LogP contribution >= 0.6 is 0 Å². The van der Waals surface area contributed by atoms with Crippen molar-refractivity contribution >= 4 is 11.6 Å². The van der Waals surface area contributed by atoms with Gasteiger partial charge in [-0.3, -0.25) is 19.4 Å². The van der Waals surface area contributed by atoms with Crippen LogP contribution in [0, 0.1) is 11.3 Å². The van der Waals surface area contributed by atoms with Crippen LogP contribution < -0.4 is 0 Å². The van der Waals surface area contributed by atoms with Gasteiger partial charge in [0, 0.05) is 29.9 Å². The molecule has 0 amide bonds. The number of nitrogens with zero attached hydrogens (tertiary/aromatic N) is 3. The molecule has 2 heterocycles.